The summed E-state index contributed by atoms with van der Waals surface area (Å²) in [6, 6.07) is 3.99. The summed E-state index contributed by atoms with van der Waals surface area (Å²) in [5.41, 5.74) is 0.467. The van der Waals surface area contributed by atoms with E-state index in [0.29, 0.717) is 16.0 Å². The van der Waals surface area contributed by atoms with Gasteiger partial charge in [0.2, 0.25) is 0 Å². The number of carboxylic acid groups (broad SMARTS) is 1. The Labute approximate surface area is 122 Å². The van der Waals surface area contributed by atoms with Gasteiger partial charge in [-0.15, -0.1) is 0 Å². The Bertz CT molecular complexity index is 628. The molecule has 0 saturated carbocycles. The molecule has 0 unspecified atom stereocenters. The molecule has 0 aliphatic carbocycles. The Morgan fingerprint density at radius 3 is 2.80 bits per heavy atom. The van der Waals surface area contributed by atoms with Crippen LogP contribution in [0.4, 0.5) is 10.5 Å². The molecule has 0 spiro atoms. The minimum absolute atomic E-state index is 0.0840. The minimum Gasteiger partial charge on any atom is -0.478 e. The average Bonchev–Trinajstić information content (AvgIpc) is 2.88. The van der Waals surface area contributed by atoms with Crippen LogP contribution >= 0.6 is 15.9 Å². The Hall–Kier alpha value is -2.35. The molecule has 0 aliphatic rings. The van der Waals surface area contributed by atoms with Crippen molar-refractivity contribution >= 4 is 33.6 Å². The lowest BCUT2D eigenvalue weighted by Gasteiger charge is -2.08. The highest BCUT2D eigenvalue weighted by Gasteiger charge is 2.08. The summed E-state index contributed by atoms with van der Waals surface area (Å²) in [5, 5.41) is 14.1. The number of nitrogens with zero attached hydrogens (tertiary/aromatic N) is 1. The van der Waals surface area contributed by atoms with E-state index in [0.717, 1.165) is 0 Å². The second-order valence-electron chi connectivity index (χ2n) is 3.88. The van der Waals surface area contributed by atoms with E-state index in [1.807, 2.05) is 0 Å². The number of hydrogen-bond donors (Lipinski definition) is 4. The normalized spacial score (nSPS) is 10.1. The largest absolute Gasteiger partial charge is 0.478 e. The number of carboxylic acids is 1. The van der Waals surface area contributed by atoms with Crippen molar-refractivity contribution in [1.29, 1.82) is 0 Å². The van der Waals surface area contributed by atoms with E-state index in [4.69, 9.17) is 5.11 Å². The number of halogens is 1. The van der Waals surface area contributed by atoms with Crippen LogP contribution in [-0.2, 0) is 6.54 Å². The molecule has 0 radical (unpaired) electrons. The molecule has 1 aromatic heterocycles. The number of carbonyl (C=O) groups excluding carboxylic acids is 1. The maximum atomic E-state index is 11.7. The van der Waals surface area contributed by atoms with Gasteiger partial charge in [0, 0.05) is 22.6 Å². The number of imidazole rings is 1. The lowest BCUT2D eigenvalue weighted by atomic mass is 10.2. The molecule has 0 fully saturated rings. The molecule has 0 atom stereocenters. The van der Waals surface area contributed by atoms with Gasteiger partial charge in [-0.25, -0.2) is 14.6 Å². The summed E-state index contributed by atoms with van der Waals surface area (Å²) in [6.07, 6.45) is 3.24. The quantitative estimate of drug-likeness (QED) is 0.685. The molecule has 0 saturated heterocycles. The molecular weight excluding hydrogens is 328 g/mol. The molecular formula is C12H11BrN4O3. The first-order valence-corrected chi connectivity index (χ1v) is 6.41. The summed E-state index contributed by atoms with van der Waals surface area (Å²) in [4.78, 5) is 29.4. The van der Waals surface area contributed by atoms with Gasteiger partial charge in [-0.2, -0.15) is 0 Å². The van der Waals surface area contributed by atoms with Crippen molar-refractivity contribution in [2.24, 2.45) is 0 Å². The first-order valence-electron chi connectivity index (χ1n) is 5.61. The van der Waals surface area contributed by atoms with E-state index in [9.17, 15) is 9.59 Å². The lowest BCUT2D eigenvalue weighted by molar-refractivity contribution is 0.0697. The lowest BCUT2D eigenvalue weighted by Crippen LogP contribution is -2.28. The maximum Gasteiger partial charge on any atom is 0.335 e. The molecule has 2 amide bonds. The number of rotatable bonds is 4. The highest BCUT2D eigenvalue weighted by molar-refractivity contribution is 9.10. The molecule has 0 aliphatic heterocycles. The van der Waals surface area contributed by atoms with Crippen LogP contribution in [0, 0.1) is 0 Å². The Morgan fingerprint density at radius 2 is 2.15 bits per heavy atom. The predicted octanol–water partition coefficient (Wildman–Crippen LogP) is 2.19. The van der Waals surface area contributed by atoms with Gasteiger partial charge in [0.25, 0.3) is 0 Å². The minimum atomic E-state index is -1.06. The van der Waals surface area contributed by atoms with Gasteiger partial charge in [-0.05, 0) is 18.2 Å². The number of carbonyl (C=O) groups is 2. The fraction of sp³-hybridized carbons (Fsp3) is 0.0833. The van der Waals surface area contributed by atoms with Gasteiger partial charge in [-0.3, -0.25) is 0 Å². The number of aromatic nitrogens is 2. The molecule has 1 heterocycles. The Balaban J connectivity index is 1.98. The number of aromatic amines is 1. The summed E-state index contributed by atoms with van der Waals surface area (Å²) < 4.78 is 0.568. The smallest absolute Gasteiger partial charge is 0.335 e. The van der Waals surface area contributed by atoms with Crippen LogP contribution in [-0.4, -0.2) is 27.1 Å². The number of anilines is 1. The SMILES string of the molecule is O=C(NCc1ncc[nH]1)Nc1cc(Br)cc(C(=O)O)c1. The van der Waals surface area contributed by atoms with Gasteiger partial charge >= 0.3 is 12.0 Å². The molecule has 4 N–H and O–H groups in total. The average molecular weight is 339 g/mol. The van der Waals surface area contributed by atoms with Crippen LogP contribution in [0.1, 0.15) is 16.2 Å². The third kappa shape index (κ3) is 3.82. The Kier molecular flexibility index (Phi) is 4.36. The van der Waals surface area contributed by atoms with Crippen LogP contribution < -0.4 is 10.6 Å². The topological polar surface area (TPSA) is 107 Å². The fourth-order valence-electron chi connectivity index (χ4n) is 1.52. The molecule has 0 bridgehead atoms. The Morgan fingerprint density at radius 1 is 1.35 bits per heavy atom. The highest BCUT2D eigenvalue weighted by Crippen LogP contribution is 2.19. The van der Waals surface area contributed by atoms with Crippen molar-refractivity contribution in [3.8, 4) is 0 Å². The van der Waals surface area contributed by atoms with Gasteiger partial charge in [0.05, 0.1) is 12.1 Å². The van der Waals surface area contributed by atoms with Crippen molar-refractivity contribution in [3.63, 3.8) is 0 Å². The van der Waals surface area contributed by atoms with E-state index < -0.39 is 12.0 Å². The molecule has 2 aromatic rings. The summed E-state index contributed by atoms with van der Waals surface area (Å²) >= 11 is 3.19. The fourth-order valence-corrected chi connectivity index (χ4v) is 2.01. The van der Waals surface area contributed by atoms with Crippen molar-refractivity contribution in [2.45, 2.75) is 6.54 Å². The highest BCUT2D eigenvalue weighted by atomic mass is 79.9. The van der Waals surface area contributed by atoms with E-state index in [1.165, 1.54) is 12.1 Å². The standard InChI is InChI=1S/C12H11BrN4O3/c13-8-3-7(11(18)19)4-9(5-8)17-12(20)16-6-10-14-1-2-15-10/h1-5H,6H2,(H,14,15)(H,18,19)(H2,16,17,20). The molecule has 2 rings (SSSR count). The maximum absolute atomic E-state index is 11.7. The predicted molar refractivity (Wildman–Crippen MR) is 75.5 cm³/mol. The van der Waals surface area contributed by atoms with Gasteiger partial charge in [-0.1, -0.05) is 15.9 Å². The van der Waals surface area contributed by atoms with E-state index in [2.05, 4.69) is 36.5 Å². The molecule has 8 heteroatoms. The second-order valence-corrected chi connectivity index (χ2v) is 4.79. The second kappa shape index (κ2) is 6.20. The van der Waals surface area contributed by atoms with E-state index >= 15 is 0 Å². The van der Waals surface area contributed by atoms with E-state index in [-0.39, 0.29) is 12.1 Å². The third-order valence-corrected chi connectivity index (χ3v) is 2.83. The summed E-state index contributed by atoms with van der Waals surface area (Å²) in [7, 11) is 0. The van der Waals surface area contributed by atoms with Crippen LogP contribution in [0.15, 0.2) is 35.1 Å². The summed E-state index contributed by atoms with van der Waals surface area (Å²) in [6.45, 7) is 0.249. The third-order valence-electron chi connectivity index (χ3n) is 2.37. The van der Waals surface area contributed by atoms with Gasteiger partial charge in [0.15, 0.2) is 0 Å². The van der Waals surface area contributed by atoms with Crippen LogP contribution in [0.25, 0.3) is 0 Å². The zero-order valence-electron chi connectivity index (χ0n) is 10.2. The van der Waals surface area contributed by atoms with Gasteiger partial charge in [0.1, 0.15) is 5.82 Å². The van der Waals surface area contributed by atoms with Crippen molar-refractivity contribution in [2.75, 3.05) is 5.32 Å². The van der Waals surface area contributed by atoms with Gasteiger partial charge < -0.3 is 20.7 Å². The van der Waals surface area contributed by atoms with Crippen LogP contribution in [0.5, 0.6) is 0 Å². The number of hydrogen-bond acceptors (Lipinski definition) is 3. The number of aromatic carboxylic acids is 1. The molecule has 104 valence electrons. The number of amides is 2. The number of nitrogens with one attached hydrogen (secondary N) is 3. The van der Waals surface area contributed by atoms with E-state index in [1.54, 1.807) is 18.5 Å². The van der Waals surface area contributed by atoms with Crippen molar-refractivity contribution in [1.82, 2.24) is 15.3 Å². The molecule has 7 nitrogen and oxygen atoms in total. The number of H-pyrrole nitrogens is 1. The first kappa shape index (κ1) is 14.1. The van der Waals surface area contributed by atoms with Crippen LogP contribution in [0.2, 0.25) is 0 Å². The van der Waals surface area contributed by atoms with Crippen molar-refractivity contribution in [3.05, 3.63) is 46.5 Å². The summed E-state index contributed by atoms with van der Waals surface area (Å²) in [5.74, 6) is -0.439. The zero-order valence-corrected chi connectivity index (χ0v) is 11.8. The zero-order chi connectivity index (χ0) is 14.5. The number of benzene rings is 1. The van der Waals surface area contributed by atoms with Crippen LogP contribution in [0.3, 0.4) is 0 Å². The molecule has 20 heavy (non-hydrogen) atoms. The van der Waals surface area contributed by atoms with Crippen molar-refractivity contribution < 1.29 is 14.7 Å². The first-order chi connectivity index (χ1) is 9.54. The number of urea groups is 1. The monoisotopic (exact) mass is 338 g/mol. The molecule has 1 aromatic carbocycles.